The third-order valence-corrected chi connectivity index (χ3v) is 5.45. The molecule has 1 amide bonds. The number of ether oxygens (including phenoxy) is 1. The summed E-state index contributed by atoms with van der Waals surface area (Å²) < 4.78 is 5.72. The van der Waals surface area contributed by atoms with Gasteiger partial charge in [-0.05, 0) is 63.2 Å². The normalized spacial score (nSPS) is 22.6. The maximum absolute atomic E-state index is 12.1. The van der Waals surface area contributed by atoms with Crippen molar-refractivity contribution in [2.75, 3.05) is 31.6 Å². The molecular formula is C19H27ClN2O2. The van der Waals surface area contributed by atoms with Gasteiger partial charge in [0.2, 0.25) is 5.91 Å². The van der Waals surface area contributed by atoms with E-state index in [-0.39, 0.29) is 5.91 Å². The van der Waals surface area contributed by atoms with Crippen LogP contribution in [-0.4, -0.2) is 43.2 Å². The maximum Gasteiger partial charge on any atom is 0.224 e. The number of carbonyl (C=O) groups is 1. The van der Waals surface area contributed by atoms with Crippen LogP contribution in [-0.2, 0) is 9.53 Å². The van der Waals surface area contributed by atoms with E-state index in [0.717, 1.165) is 32.7 Å². The number of nitrogens with one attached hydrogen (secondary N) is 1. The lowest BCUT2D eigenvalue weighted by atomic mass is 9.92. The van der Waals surface area contributed by atoms with E-state index in [2.05, 4.69) is 10.2 Å². The van der Waals surface area contributed by atoms with Crippen molar-refractivity contribution in [3.63, 3.8) is 0 Å². The van der Waals surface area contributed by atoms with E-state index >= 15 is 0 Å². The molecule has 1 atom stereocenters. The molecule has 4 nitrogen and oxygen atoms in total. The number of piperidine rings is 1. The molecule has 0 unspecified atom stereocenters. The molecule has 2 aliphatic heterocycles. The number of para-hydroxylation sites is 1. The molecular weight excluding hydrogens is 324 g/mol. The van der Waals surface area contributed by atoms with Crippen LogP contribution in [0.5, 0.6) is 0 Å². The van der Waals surface area contributed by atoms with Crippen LogP contribution in [0, 0.1) is 5.92 Å². The first-order chi connectivity index (χ1) is 11.7. The molecule has 1 N–H and O–H groups in total. The van der Waals surface area contributed by atoms with Gasteiger partial charge in [-0.3, -0.25) is 4.79 Å². The first-order valence-corrected chi connectivity index (χ1v) is 9.47. The maximum atomic E-state index is 12.1. The molecule has 24 heavy (non-hydrogen) atoms. The van der Waals surface area contributed by atoms with E-state index in [1.165, 1.54) is 25.7 Å². The number of anilines is 1. The molecule has 0 saturated carbocycles. The number of nitrogens with zero attached hydrogens (tertiary/aromatic N) is 1. The van der Waals surface area contributed by atoms with Crippen molar-refractivity contribution in [3.8, 4) is 0 Å². The Labute approximate surface area is 149 Å². The van der Waals surface area contributed by atoms with Crippen LogP contribution in [0.4, 0.5) is 5.69 Å². The summed E-state index contributed by atoms with van der Waals surface area (Å²) in [6, 6.07) is 7.37. The number of likely N-dealkylation sites (tertiary alicyclic amines) is 1. The van der Waals surface area contributed by atoms with Crippen LogP contribution in [0.1, 0.15) is 38.5 Å². The van der Waals surface area contributed by atoms with Gasteiger partial charge in [-0.25, -0.2) is 0 Å². The van der Waals surface area contributed by atoms with Gasteiger partial charge in [0.05, 0.1) is 16.8 Å². The molecule has 3 rings (SSSR count). The molecule has 0 aromatic heterocycles. The Morgan fingerprint density at radius 1 is 1.25 bits per heavy atom. The Bertz CT molecular complexity index is 538. The van der Waals surface area contributed by atoms with Crippen molar-refractivity contribution in [2.45, 2.75) is 44.6 Å². The number of amides is 1. The molecule has 2 aliphatic rings. The van der Waals surface area contributed by atoms with Gasteiger partial charge in [-0.2, -0.15) is 0 Å². The fourth-order valence-corrected chi connectivity index (χ4v) is 3.83. The number of rotatable bonds is 6. The summed E-state index contributed by atoms with van der Waals surface area (Å²) in [4.78, 5) is 14.6. The number of hydrogen-bond donors (Lipinski definition) is 1. The summed E-state index contributed by atoms with van der Waals surface area (Å²) in [7, 11) is 0. The quantitative estimate of drug-likeness (QED) is 0.844. The molecule has 0 bridgehead atoms. The van der Waals surface area contributed by atoms with Crippen LogP contribution in [0.2, 0.25) is 5.02 Å². The van der Waals surface area contributed by atoms with Crippen LogP contribution in [0.3, 0.4) is 0 Å². The molecule has 1 aromatic rings. The largest absolute Gasteiger partial charge is 0.377 e. The van der Waals surface area contributed by atoms with Crippen molar-refractivity contribution in [1.29, 1.82) is 0 Å². The zero-order valence-electron chi connectivity index (χ0n) is 14.2. The lowest BCUT2D eigenvalue weighted by Crippen LogP contribution is -2.38. The lowest BCUT2D eigenvalue weighted by Gasteiger charge is -2.33. The zero-order valence-corrected chi connectivity index (χ0v) is 14.9. The molecule has 1 aromatic carbocycles. The summed E-state index contributed by atoms with van der Waals surface area (Å²) in [5, 5.41) is 3.50. The van der Waals surface area contributed by atoms with Gasteiger partial charge >= 0.3 is 0 Å². The monoisotopic (exact) mass is 350 g/mol. The predicted octanol–water partition coefficient (Wildman–Crippen LogP) is 3.95. The van der Waals surface area contributed by atoms with E-state index in [1.54, 1.807) is 6.07 Å². The van der Waals surface area contributed by atoms with Gasteiger partial charge in [-0.15, -0.1) is 0 Å². The van der Waals surface area contributed by atoms with Crippen LogP contribution >= 0.6 is 11.6 Å². The van der Waals surface area contributed by atoms with E-state index in [1.807, 2.05) is 18.2 Å². The minimum atomic E-state index is 0.0601. The predicted molar refractivity (Wildman–Crippen MR) is 97.5 cm³/mol. The molecule has 2 heterocycles. The Balaban J connectivity index is 1.34. The number of halogens is 1. The highest BCUT2D eigenvalue weighted by molar-refractivity contribution is 6.33. The fraction of sp³-hybridized carbons (Fsp3) is 0.632. The molecule has 0 spiro atoms. The SMILES string of the molecule is O=C(CCC1CCN(C[C@@H]2CCCO2)CC1)Nc1ccccc1Cl. The van der Waals surface area contributed by atoms with Gasteiger partial charge in [-0.1, -0.05) is 23.7 Å². The second-order valence-electron chi connectivity index (χ2n) is 6.95. The van der Waals surface area contributed by atoms with E-state index in [4.69, 9.17) is 16.3 Å². The molecule has 132 valence electrons. The van der Waals surface area contributed by atoms with Crippen molar-refractivity contribution >= 4 is 23.2 Å². The lowest BCUT2D eigenvalue weighted by molar-refractivity contribution is -0.116. The van der Waals surface area contributed by atoms with Crippen LogP contribution in [0.25, 0.3) is 0 Å². The summed E-state index contributed by atoms with van der Waals surface area (Å²) in [6.45, 7) is 4.29. The summed E-state index contributed by atoms with van der Waals surface area (Å²) >= 11 is 6.07. The van der Waals surface area contributed by atoms with Gasteiger partial charge in [0, 0.05) is 19.6 Å². The average Bonchev–Trinajstić information content (AvgIpc) is 3.09. The molecule has 0 aliphatic carbocycles. The van der Waals surface area contributed by atoms with Gasteiger partial charge in [0.15, 0.2) is 0 Å². The number of carbonyl (C=O) groups excluding carboxylic acids is 1. The minimum absolute atomic E-state index is 0.0601. The molecule has 5 heteroatoms. The van der Waals surface area contributed by atoms with E-state index < -0.39 is 0 Å². The topological polar surface area (TPSA) is 41.6 Å². The van der Waals surface area contributed by atoms with Gasteiger partial charge in [0.25, 0.3) is 0 Å². The van der Waals surface area contributed by atoms with Crippen LogP contribution < -0.4 is 5.32 Å². The first kappa shape index (κ1) is 17.7. The second-order valence-corrected chi connectivity index (χ2v) is 7.35. The van der Waals surface area contributed by atoms with E-state index in [0.29, 0.717) is 29.2 Å². The zero-order chi connectivity index (χ0) is 16.8. The van der Waals surface area contributed by atoms with Crippen molar-refractivity contribution < 1.29 is 9.53 Å². The van der Waals surface area contributed by atoms with Crippen molar-refractivity contribution in [2.24, 2.45) is 5.92 Å². The number of hydrogen-bond acceptors (Lipinski definition) is 3. The highest BCUT2D eigenvalue weighted by Gasteiger charge is 2.24. The summed E-state index contributed by atoms with van der Waals surface area (Å²) in [5.74, 6) is 0.715. The number of benzene rings is 1. The molecule has 0 radical (unpaired) electrons. The third kappa shape index (κ3) is 5.20. The van der Waals surface area contributed by atoms with Gasteiger partial charge < -0.3 is 15.0 Å². The smallest absolute Gasteiger partial charge is 0.224 e. The molecule has 2 fully saturated rings. The third-order valence-electron chi connectivity index (χ3n) is 5.12. The second kappa shape index (κ2) is 8.84. The highest BCUT2D eigenvalue weighted by Crippen LogP contribution is 2.25. The Hall–Kier alpha value is -1.10. The van der Waals surface area contributed by atoms with Gasteiger partial charge in [0.1, 0.15) is 0 Å². The van der Waals surface area contributed by atoms with E-state index in [9.17, 15) is 4.79 Å². The van der Waals surface area contributed by atoms with Crippen molar-refractivity contribution in [3.05, 3.63) is 29.3 Å². The minimum Gasteiger partial charge on any atom is -0.377 e. The first-order valence-electron chi connectivity index (χ1n) is 9.09. The summed E-state index contributed by atoms with van der Waals surface area (Å²) in [6.07, 6.45) is 6.77. The Kier molecular flexibility index (Phi) is 6.52. The summed E-state index contributed by atoms with van der Waals surface area (Å²) in [5.41, 5.74) is 0.704. The van der Waals surface area contributed by atoms with Crippen molar-refractivity contribution in [1.82, 2.24) is 4.90 Å². The fourth-order valence-electron chi connectivity index (χ4n) is 3.64. The van der Waals surface area contributed by atoms with Crippen LogP contribution in [0.15, 0.2) is 24.3 Å². The standard InChI is InChI=1S/C19H27ClN2O2/c20-17-5-1-2-6-18(17)21-19(23)8-7-15-9-11-22(12-10-15)14-16-4-3-13-24-16/h1-2,5-6,15-16H,3-4,7-14H2,(H,21,23)/t16-/m0/s1. The average molecular weight is 351 g/mol. The molecule has 2 saturated heterocycles. The Morgan fingerprint density at radius 2 is 2.04 bits per heavy atom. The highest BCUT2D eigenvalue weighted by atomic mass is 35.5. The Morgan fingerprint density at radius 3 is 2.75 bits per heavy atom.